The maximum atomic E-state index is 11.4. The summed E-state index contributed by atoms with van der Waals surface area (Å²) in [6, 6.07) is 3.24. The van der Waals surface area contributed by atoms with Crippen molar-refractivity contribution in [1.29, 1.82) is 0 Å². The van der Waals surface area contributed by atoms with Crippen LogP contribution in [0.4, 0.5) is 0 Å². The van der Waals surface area contributed by atoms with E-state index in [0.717, 1.165) is 6.42 Å². The van der Waals surface area contributed by atoms with Crippen LogP contribution in [-0.2, 0) is 4.79 Å². The van der Waals surface area contributed by atoms with E-state index in [1.54, 1.807) is 12.1 Å². The average molecular weight is 289 g/mol. The monoisotopic (exact) mass is 288 g/mol. The molecule has 1 aromatic heterocycles. The molecule has 0 aliphatic heterocycles. The summed E-state index contributed by atoms with van der Waals surface area (Å²) in [5.41, 5.74) is 4.98. The molecule has 5 nitrogen and oxygen atoms in total. The fraction of sp³-hybridized carbons (Fsp3) is 0.400. The van der Waals surface area contributed by atoms with Crippen LogP contribution in [0.25, 0.3) is 0 Å². The van der Waals surface area contributed by atoms with Gasteiger partial charge in [0.1, 0.15) is 0 Å². The minimum atomic E-state index is -0.318. The molecule has 0 saturated carbocycles. The van der Waals surface area contributed by atoms with E-state index in [0.29, 0.717) is 24.1 Å². The summed E-state index contributed by atoms with van der Waals surface area (Å²) in [6.07, 6.45) is 1.75. The Morgan fingerprint density at radius 1 is 1.38 bits per heavy atom. The third-order valence-electron chi connectivity index (χ3n) is 1.93. The Morgan fingerprint density at radius 3 is 2.69 bits per heavy atom. The SMILES string of the molecule is NC(=O)CCCCNC(=O)c1ccc(Br)o1. The zero-order chi connectivity index (χ0) is 12.0. The van der Waals surface area contributed by atoms with E-state index in [1.807, 2.05) is 0 Å². The normalized spacial score (nSPS) is 10.1. The Hall–Kier alpha value is -1.30. The molecule has 0 radical (unpaired) electrons. The van der Waals surface area contributed by atoms with Crippen LogP contribution in [0.2, 0.25) is 0 Å². The largest absolute Gasteiger partial charge is 0.444 e. The standard InChI is InChI=1S/C10H13BrN2O3/c11-8-5-4-7(16-8)10(15)13-6-2-1-3-9(12)14/h4-5H,1-3,6H2,(H2,12,14)(H,13,15). The van der Waals surface area contributed by atoms with Gasteiger partial charge in [0.2, 0.25) is 5.91 Å². The summed E-state index contributed by atoms with van der Waals surface area (Å²) in [4.78, 5) is 21.9. The van der Waals surface area contributed by atoms with Crippen LogP contribution < -0.4 is 11.1 Å². The fourth-order valence-corrected chi connectivity index (χ4v) is 1.46. The van der Waals surface area contributed by atoms with Crippen molar-refractivity contribution in [1.82, 2.24) is 5.32 Å². The van der Waals surface area contributed by atoms with E-state index >= 15 is 0 Å². The summed E-state index contributed by atoms with van der Waals surface area (Å²) >= 11 is 3.11. The number of carbonyl (C=O) groups excluding carboxylic acids is 2. The number of nitrogens with two attached hydrogens (primary N) is 1. The van der Waals surface area contributed by atoms with Crippen molar-refractivity contribution in [3.8, 4) is 0 Å². The van der Waals surface area contributed by atoms with Crippen molar-refractivity contribution >= 4 is 27.7 Å². The molecule has 1 aromatic rings. The first kappa shape index (κ1) is 12.8. The molecule has 0 spiro atoms. The molecular weight excluding hydrogens is 276 g/mol. The van der Waals surface area contributed by atoms with Gasteiger partial charge in [-0.15, -0.1) is 0 Å². The molecule has 0 aliphatic carbocycles. The smallest absolute Gasteiger partial charge is 0.287 e. The van der Waals surface area contributed by atoms with Gasteiger partial charge in [0.05, 0.1) is 0 Å². The van der Waals surface area contributed by atoms with Crippen LogP contribution in [-0.4, -0.2) is 18.4 Å². The predicted molar refractivity (Wildman–Crippen MR) is 61.8 cm³/mol. The first-order chi connectivity index (χ1) is 7.59. The van der Waals surface area contributed by atoms with E-state index in [4.69, 9.17) is 10.2 Å². The van der Waals surface area contributed by atoms with E-state index in [1.165, 1.54) is 0 Å². The topological polar surface area (TPSA) is 85.3 Å². The van der Waals surface area contributed by atoms with Crippen LogP contribution in [0.3, 0.4) is 0 Å². The Kier molecular flexibility index (Phi) is 5.04. The van der Waals surface area contributed by atoms with Crippen LogP contribution in [0.1, 0.15) is 29.8 Å². The lowest BCUT2D eigenvalue weighted by Gasteiger charge is -2.01. The molecule has 1 rings (SSSR count). The van der Waals surface area contributed by atoms with E-state index in [9.17, 15) is 9.59 Å². The molecule has 0 unspecified atom stereocenters. The highest BCUT2D eigenvalue weighted by Gasteiger charge is 2.08. The number of hydrogen-bond donors (Lipinski definition) is 2. The number of unbranched alkanes of at least 4 members (excludes halogenated alkanes) is 1. The summed E-state index contributed by atoms with van der Waals surface area (Å²) < 4.78 is 5.59. The number of amides is 2. The number of nitrogens with one attached hydrogen (secondary N) is 1. The van der Waals surface area contributed by atoms with Crippen LogP contribution in [0.15, 0.2) is 21.2 Å². The number of carbonyl (C=O) groups is 2. The molecule has 16 heavy (non-hydrogen) atoms. The minimum Gasteiger partial charge on any atom is -0.444 e. The van der Waals surface area contributed by atoms with Crippen LogP contribution in [0.5, 0.6) is 0 Å². The number of halogens is 1. The number of primary amides is 1. The van der Waals surface area contributed by atoms with Crippen LogP contribution in [0, 0.1) is 0 Å². The van der Waals surface area contributed by atoms with Crippen molar-refractivity contribution in [3.05, 3.63) is 22.6 Å². The quantitative estimate of drug-likeness (QED) is 0.777. The fourth-order valence-electron chi connectivity index (χ4n) is 1.15. The lowest BCUT2D eigenvalue weighted by molar-refractivity contribution is -0.118. The Bertz CT molecular complexity index is 376. The highest BCUT2D eigenvalue weighted by atomic mass is 79.9. The highest BCUT2D eigenvalue weighted by molar-refractivity contribution is 9.10. The van der Waals surface area contributed by atoms with Gasteiger partial charge in [-0.05, 0) is 40.9 Å². The van der Waals surface area contributed by atoms with Crippen molar-refractivity contribution in [2.75, 3.05) is 6.54 Å². The van der Waals surface area contributed by atoms with E-state index in [-0.39, 0.29) is 17.6 Å². The highest BCUT2D eigenvalue weighted by Crippen LogP contribution is 2.13. The van der Waals surface area contributed by atoms with E-state index < -0.39 is 0 Å². The first-order valence-corrected chi connectivity index (χ1v) is 5.70. The molecule has 0 atom stereocenters. The van der Waals surface area contributed by atoms with Crippen molar-refractivity contribution in [2.45, 2.75) is 19.3 Å². The Morgan fingerprint density at radius 2 is 2.12 bits per heavy atom. The Labute approximate surface area is 101 Å². The summed E-state index contributed by atoms with van der Waals surface area (Å²) in [5.74, 6) is -0.312. The van der Waals surface area contributed by atoms with E-state index in [2.05, 4.69) is 21.2 Å². The second-order valence-electron chi connectivity index (χ2n) is 3.28. The van der Waals surface area contributed by atoms with Gasteiger partial charge >= 0.3 is 0 Å². The molecule has 88 valence electrons. The minimum absolute atomic E-state index is 0.259. The molecular formula is C10H13BrN2O3. The third kappa shape index (κ3) is 4.48. The molecule has 6 heteroatoms. The first-order valence-electron chi connectivity index (χ1n) is 4.91. The molecule has 0 aliphatic rings. The number of rotatable bonds is 6. The van der Waals surface area contributed by atoms with Gasteiger partial charge in [-0.25, -0.2) is 0 Å². The molecule has 0 bridgehead atoms. The lowest BCUT2D eigenvalue weighted by Crippen LogP contribution is -2.24. The maximum absolute atomic E-state index is 11.4. The molecule has 1 heterocycles. The zero-order valence-corrected chi connectivity index (χ0v) is 10.2. The summed E-state index contributed by atoms with van der Waals surface area (Å²) in [6.45, 7) is 0.504. The molecule has 3 N–H and O–H groups in total. The molecule has 2 amide bonds. The maximum Gasteiger partial charge on any atom is 0.287 e. The third-order valence-corrected chi connectivity index (χ3v) is 2.36. The van der Waals surface area contributed by atoms with Gasteiger partial charge in [0, 0.05) is 13.0 Å². The predicted octanol–water partition coefficient (Wildman–Crippen LogP) is 1.43. The average Bonchev–Trinajstić information content (AvgIpc) is 2.63. The molecule has 0 aromatic carbocycles. The van der Waals surface area contributed by atoms with Gasteiger partial charge in [-0.2, -0.15) is 0 Å². The Balaban J connectivity index is 2.18. The lowest BCUT2D eigenvalue weighted by atomic mass is 10.2. The summed E-state index contributed by atoms with van der Waals surface area (Å²) in [7, 11) is 0. The van der Waals surface area contributed by atoms with Crippen LogP contribution >= 0.6 is 15.9 Å². The second kappa shape index (κ2) is 6.32. The van der Waals surface area contributed by atoms with Gasteiger partial charge in [-0.1, -0.05) is 0 Å². The zero-order valence-electron chi connectivity index (χ0n) is 8.66. The molecule has 0 saturated heterocycles. The number of hydrogen-bond acceptors (Lipinski definition) is 3. The van der Waals surface area contributed by atoms with Gasteiger partial charge in [0.25, 0.3) is 5.91 Å². The number of furan rings is 1. The van der Waals surface area contributed by atoms with Gasteiger partial charge < -0.3 is 15.5 Å². The van der Waals surface area contributed by atoms with Gasteiger partial charge in [0.15, 0.2) is 10.4 Å². The molecule has 0 fully saturated rings. The van der Waals surface area contributed by atoms with Crippen molar-refractivity contribution in [3.63, 3.8) is 0 Å². The van der Waals surface area contributed by atoms with Crippen molar-refractivity contribution in [2.24, 2.45) is 5.73 Å². The summed E-state index contributed by atoms with van der Waals surface area (Å²) in [5, 5.41) is 2.68. The van der Waals surface area contributed by atoms with Crippen molar-refractivity contribution < 1.29 is 14.0 Å². The van der Waals surface area contributed by atoms with Gasteiger partial charge in [-0.3, -0.25) is 9.59 Å². The second-order valence-corrected chi connectivity index (χ2v) is 4.06.